The van der Waals surface area contributed by atoms with Gasteiger partial charge in [0.05, 0.1) is 0 Å². The molecule has 0 N–H and O–H groups in total. The highest BCUT2D eigenvalue weighted by Gasteiger charge is 2.30. The van der Waals surface area contributed by atoms with Gasteiger partial charge in [-0.1, -0.05) is 91.5 Å². The first-order valence-electron chi connectivity index (χ1n) is 6.84. The molecule has 0 bridgehead atoms. The molecule has 0 radical (unpaired) electrons. The summed E-state index contributed by atoms with van der Waals surface area (Å²) in [5.41, 5.74) is 5.57. The van der Waals surface area contributed by atoms with Crippen LogP contribution in [0.4, 0.5) is 0 Å². The molecule has 0 heterocycles. The van der Waals surface area contributed by atoms with E-state index in [-0.39, 0.29) is 5.41 Å². The van der Waals surface area contributed by atoms with Crippen molar-refractivity contribution < 1.29 is 0 Å². The van der Waals surface area contributed by atoms with E-state index < -0.39 is 0 Å². The predicted octanol–water partition coefficient (Wildman–Crippen LogP) is 5.57. The first kappa shape index (κ1) is 15.8. The van der Waals surface area contributed by atoms with E-state index in [9.17, 15) is 0 Å². The summed E-state index contributed by atoms with van der Waals surface area (Å²) < 4.78 is 0. The topological polar surface area (TPSA) is 0 Å². The fraction of sp³-hybridized carbons (Fsp3) is 0.333. The Hall–Kier alpha value is -0.600. The van der Waals surface area contributed by atoms with Gasteiger partial charge < -0.3 is 0 Å². The highest BCUT2D eigenvalue weighted by atomic mass is 79.9. The maximum atomic E-state index is 3.73. The lowest BCUT2D eigenvalue weighted by molar-refractivity contribution is 0.551. The second-order valence-corrected chi connectivity index (χ2v) is 6.71. The molecule has 0 nitrogen and oxygen atoms in total. The van der Waals surface area contributed by atoms with Crippen LogP contribution in [0.15, 0.2) is 48.5 Å². The molecule has 0 amide bonds. The van der Waals surface area contributed by atoms with Crippen LogP contribution < -0.4 is 0 Å². The SMILES string of the molecule is Cc1cc(C)cc(CC(CBr)(CBr)c2ccccc2)c1. The Morgan fingerprint density at radius 3 is 1.90 bits per heavy atom. The third-order valence-electron chi connectivity index (χ3n) is 3.72. The van der Waals surface area contributed by atoms with Crippen LogP contribution in [0.1, 0.15) is 22.3 Å². The second kappa shape index (κ2) is 6.91. The van der Waals surface area contributed by atoms with Crippen LogP contribution in [0.5, 0.6) is 0 Å². The summed E-state index contributed by atoms with van der Waals surface area (Å²) in [7, 11) is 0. The Labute approximate surface area is 138 Å². The quantitative estimate of drug-likeness (QED) is 0.580. The van der Waals surface area contributed by atoms with Crippen molar-refractivity contribution in [3.63, 3.8) is 0 Å². The molecule has 106 valence electrons. The Morgan fingerprint density at radius 2 is 1.40 bits per heavy atom. The van der Waals surface area contributed by atoms with Gasteiger partial charge in [0.1, 0.15) is 0 Å². The molecule has 2 heteroatoms. The van der Waals surface area contributed by atoms with Crippen LogP contribution in [-0.4, -0.2) is 10.7 Å². The van der Waals surface area contributed by atoms with Crippen molar-refractivity contribution in [1.82, 2.24) is 0 Å². The molecule has 20 heavy (non-hydrogen) atoms. The first-order valence-corrected chi connectivity index (χ1v) is 9.08. The number of benzene rings is 2. The van der Waals surface area contributed by atoms with Gasteiger partial charge in [0, 0.05) is 16.1 Å². The van der Waals surface area contributed by atoms with Gasteiger partial charge in [-0.3, -0.25) is 0 Å². The number of halogens is 2. The predicted molar refractivity (Wildman–Crippen MR) is 95.3 cm³/mol. The van der Waals surface area contributed by atoms with E-state index in [1.807, 2.05) is 0 Å². The molecule has 0 aliphatic heterocycles. The monoisotopic (exact) mass is 394 g/mol. The average molecular weight is 396 g/mol. The van der Waals surface area contributed by atoms with E-state index in [4.69, 9.17) is 0 Å². The minimum absolute atomic E-state index is 0.0987. The molecule has 0 aliphatic rings. The van der Waals surface area contributed by atoms with Crippen molar-refractivity contribution in [3.05, 3.63) is 70.8 Å². The van der Waals surface area contributed by atoms with Gasteiger partial charge in [0.15, 0.2) is 0 Å². The maximum Gasteiger partial charge on any atom is 0.0187 e. The highest BCUT2D eigenvalue weighted by Crippen LogP contribution is 2.33. The summed E-state index contributed by atoms with van der Waals surface area (Å²) in [6.45, 7) is 4.34. The highest BCUT2D eigenvalue weighted by molar-refractivity contribution is 9.09. The molecule has 0 atom stereocenters. The molecule has 0 saturated heterocycles. The van der Waals surface area contributed by atoms with E-state index in [2.05, 4.69) is 94.2 Å². The number of aryl methyl sites for hydroxylation is 2. The van der Waals surface area contributed by atoms with Crippen LogP contribution in [0.2, 0.25) is 0 Å². The maximum absolute atomic E-state index is 3.73. The van der Waals surface area contributed by atoms with Gasteiger partial charge in [-0.05, 0) is 31.4 Å². The fourth-order valence-corrected chi connectivity index (χ4v) is 4.71. The van der Waals surface area contributed by atoms with E-state index in [0.29, 0.717) is 0 Å². The van der Waals surface area contributed by atoms with Crippen LogP contribution in [0, 0.1) is 13.8 Å². The summed E-state index contributed by atoms with van der Waals surface area (Å²) >= 11 is 7.47. The first-order chi connectivity index (χ1) is 9.59. The Kier molecular flexibility index (Phi) is 5.45. The van der Waals surface area contributed by atoms with E-state index in [1.54, 1.807) is 0 Å². The van der Waals surface area contributed by atoms with Crippen molar-refractivity contribution >= 4 is 31.9 Å². The minimum Gasteiger partial charge on any atom is -0.0918 e. The molecular weight excluding hydrogens is 376 g/mol. The Bertz CT molecular complexity index is 537. The smallest absolute Gasteiger partial charge is 0.0187 e. The van der Waals surface area contributed by atoms with Gasteiger partial charge in [0.2, 0.25) is 0 Å². The molecule has 2 aromatic carbocycles. The normalized spacial score (nSPS) is 11.6. The van der Waals surface area contributed by atoms with Gasteiger partial charge in [-0.15, -0.1) is 0 Å². The largest absolute Gasteiger partial charge is 0.0918 e. The Morgan fingerprint density at radius 1 is 0.850 bits per heavy atom. The molecule has 0 aliphatic carbocycles. The van der Waals surface area contributed by atoms with Crippen molar-refractivity contribution in [2.24, 2.45) is 0 Å². The zero-order valence-electron chi connectivity index (χ0n) is 12.0. The Balaban J connectivity index is 2.39. The van der Waals surface area contributed by atoms with Gasteiger partial charge in [0.25, 0.3) is 0 Å². The molecule has 0 spiro atoms. The van der Waals surface area contributed by atoms with Crippen molar-refractivity contribution in [1.29, 1.82) is 0 Å². The lowest BCUT2D eigenvalue weighted by Gasteiger charge is -2.31. The average Bonchev–Trinajstić information content (AvgIpc) is 2.45. The van der Waals surface area contributed by atoms with Gasteiger partial charge >= 0.3 is 0 Å². The van der Waals surface area contributed by atoms with Crippen LogP contribution in [0.25, 0.3) is 0 Å². The number of hydrogen-bond donors (Lipinski definition) is 0. The molecule has 0 aromatic heterocycles. The minimum atomic E-state index is 0.0987. The molecular formula is C18H20Br2. The lowest BCUT2D eigenvalue weighted by atomic mass is 9.78. The number of alkyl halides is 2. The fourth-order valence-electron chi connectivity index (χ4n) is 2.74. The van der Waals surface area contributed by atoms with Crippen molar-refractivity contribution in [3.8, 4) is 0 Å². The zero-order valence-corrected chi connectivity index (χ0v) is 15.2. The zero-order chi connectivity index (χ0) is 14.6. The van der Waals surface area contributed by atoms with Gasteiger partial charge in [-0.25, -0.2) is 0 Å². The second-order valence-electron chi connectivity index (χ2n) is 5.59. The molecule has 2 rings (SSSR count). The summed E-state index contributed by atoms with van der Waals surface area (Å²) in [6, 6.07) is 17.6. The van der Waals surface area contributed by atoms with Crippen molar-refractivity contribution in [2.45, 2.75) is 25.7 Å². The summed E-state index contributed by atoms with van der Waals surface area (Å²) in [5.74, 6) is 0. The van der Waals surface area contributed by atoms with E-state index >= 15 is 0 Å². The van der Waals surface area contributed by atoms with E-state index in [0.717, 1.165) is 17.1 Å². The molecule has 0 saturated carbocycles. The third kappa shape index (κ3) is 3.53. The summed E-state index contributed by atoms with van der Waals surface area (Å²) in [5, 5.41) is 1.89. The number of rotatable bonds is 5. The molecule has 2 aromatic rings. The molecule has 0 unspecified atom stereocenters. The van der Waals surface area contributed by atoms with Crippen LogP contribution in [0.3, 0.4) is 0 Å². The van der Waals surface area contributed by atoms with E-state index in [1.165, 1.54) is 22.3 Å². The summed E-state index contributed by atoms with van der Waals surface area (Å²) in [4.78, 5) is 0. The molecule has 0 fully saturated rings. The van der Waals surface area contributed by atoms with Gasteiger partial charge in [-0.2, -0.15) is 0 Å². The third-order valence-corrected chi connectivity index (χ3v) is 5.87. The van der Waals surface area contributed by atoms with Crippen molar-refractivity contribution in [2.75, 3.05) is 10.7 Å². The standard InChI is InChI=1S/C18H20Br2/c1-14-8-15(2)10-16(9-14)11-18(12-19,13-20)17-6-4-3-5-7-17/h3-10H,11-13H2,1-2H3. The lowest BCUT2D eigenvalue weighted by Crippen LogP contribution is -2.33. The van der Waals surface area contributed by atoms with Crippen LogP contribution in [-0.2, 0) is 11.8 Å². The summed E-state index contributed by atoms with van der Waals surface area (Å²) in [6.07, 6.45) is 1.04. The van der Waals surface area contributed by atoms with Crippen LogP contribution >= 0.6 is 31.9 Å². The number of hydrogen-bond acceptors (Lipinski definition) is 0.